The summed E-state index contributed by atoms with van der Waals surface area (Å²) in [6, 6.07) is 17.0. The maximum absolute atomic E-state index is 6.32. The van der Waals surface area contributed by atoms with E-state index < -0.39 is 0 Å². The summed E-state index contributed by atoms with van der Waals surface area (Å²) in [7, 11) is 0. The summed E-state index contributed by atoms with van der Waals surface area (Å²) >= 11 is 8.10. The maximum atomic E-state index is 6.32. The van der Waals surface area contributed by atoms with Crippen LogP contribution in [0.15, 0.2) is 53.9 Å². The van der Waals surface area contributed by atoms with Crippen LogP contribution < -0.4 is 5.32 Å². The molecule has 3 heteroatoms. The van der Waals surface area contributed by atoms with Crippen LogP contribution in [0.4, 0.5) is 0 Å². The quantitative estimate of drug-likeness (QED) is 0.693. The average Bonchev–Trinajstić information content (AvgIpc) is 3.00. The van der Waals surface area contributed by atoms with Gasteiger partial charge in [-0.05, 0) is 35.0 Å². The first-order valence-electron chi connectivity index (χ1n) is 6.75. The molecule has 1 aromatic heterocycles. The SMILES string of the molecule is CCNC(c1cccs1)c1ccc(Cl)c2ccccc12. The first-order valence-corrected chi connectivity index (χ1v) is 8.01. The highest BCUT2D eigenvalue weighted by Crippen LogP contribution is 2.34. The molecular weight excluding hydrogens is 286 g/mol. The van der Waals surface area contributed by atoms with E-state index >= 15 is 0 Å². The van der Waals surface area contributed by atoms with Crippen molar-refractivity contribution >= 4 is 33.7 Å². The van der Waals surface area contributed by atoms with Gasteiger partial charge in [-0.25, -0.2) is 0 Å². The van der Waals surface area contributed by atoms with E-state index in [0.717, 1.165) is 17.0 Å². The maximum Gasteiger partial charge on any atom is 0.0677 e. The molecular formula is C17H16ClNS. The molecule has 0 aliphatic carbocycles. The van der Waals surface area contributed by atoms with Crippen LogP contribution in [0.1, 0.15) is 23.4 Å². The molecule has 0 aliphatic heterocycles. The van der Waals surface area contributed by atoms with Gasteiger partial charge in [0.25, 0.3) is 0 Å². The fraction of sp³-hybridized carbons (Fsp3) is 0.176. The molecule has 0 spiro atoms. The van der Waals surface area contributed by atoms with E-state index in [0.29, 0.717) is 0 Å². The van der Waals surface area contributed by atoms with Gasteiger partial charge in [-0.15, -0.1) is 11.3 Å². The second-order valence-electron chi connectivity index (χ2n) is 4.69. The average molecular weight is 302 g/mol. The van der Waals surface area contributed by atoms with E-state index in [-0.39, 0.29) is 6.04 Å². The van der Waals surface area contributed by atoms with Crippen LogP contribution >= 0.6 is 22.9 Å². The lowest BCUT2D eigenvalue weighted by molar-refractivity contribution is 0.643. The van der Waals surface area contributed by atoms with Gasteiger partial charge in [0.15, 0.2) is 0 Å². The Bertz CT molecular complexity index is 706. The normalized spacial score (nSPS) is 12.7. The van der Waals surface area contributed by atoms with E-state index in [4.69, 9.17) is 11.6 Å². The fourth-order valence-corrected chi connectivity index (χ4v) is 3.61. The zero-order valence-corrected chi connectivity index (χ0v) is 12.8. The van der Waals surface area contributed by atoms with Crippen LogP contribution in [0.2, 0.25) is 5.02 Å². The lowest BCUT2D eigenvalue weighted by atomic mass is 9.97. The number of hydrogen-bond donors (Lipinski definition) is 1. The molecule has 0 amide bonds. The lowest BCUT2D eigenvalue weighted by Gasteiger charge is -2.19. The second kappa shape index (κ2) is 5.96. The van der Waals surface area contributed by atoms with Gasteiger partial charge in [0.05, 0.1) is 6.04 Å². The molecule has 0 saturated carbocycles. The van der Waals surface area contributed by atoms with Gasteiger partial charge in [-0.3, -0.25) is 0 Å². The van der Waals surface area contributed by atoms with Crippen molar-refractivity contribution in [1.29, 1.82) is 0 Å². The third-order valence-corrected chi connectivity index (χ3v) is 4.72. The third kappa shape index (κ3) is 2.47. The number of halogens is 1. The van der Waals surface area contributed by atoms with E-state index in [1.165, 1.54) is 15.8 Å². The third-order valence-electron chi connectivity index (χ3n) is 3.45. The van der Waals surface area contributed by atoms with Crippen molar-refractivity contribution in [2.45, 2.75) is 13.0 Å². The highest BCUT2D eigenvalue weighted by atomic mass is 35.5. The van der Waals surface area contributed by atoms with Gasteiger partial charge in [-0.1, -0.05) is 54.9 Å². The highest BCUT2D eigenvalue weighted by molar-refractivity contribution is 7.10. The predicted molar refractivity (Wildman–Crippen MR) is 88.8 cm³/mol. The lowest BCUT2D eigenvalue weighted by Crippen LogP contribution is -2.21. The molecule has 3 rings (SSSR count). The molecule has 0 aliphatic rings. The summed E-state index contributed by atoms with van der Waals surface area (Å²) in [5.74, 6) is 0. The van der Waals surface area contributed by atoms with Crippen LogP contribution in [0, 0.1) is 0 Å². The molecule has 1 heterocycles. The van der Waals surface area contributed by atoms with Gasteiger partial charge in [0.2, 0.25) is 0 Å². The Labute approximate surface area is 128 Å². The summed E-state index contributed by atoms with van der Waals surface area (Å²) in [6.07, 6.45) is 0. The fourth-order valence-electron chi connectivity index (χ4n) is 2.56. The zero-order chi connectivity index (χ0) is 13.9. The van der Waals surface area contributed by atoms with Crippen molar-refractivity contribution in [3.63, 3.8) is 0 Å². The van der Waals surface area contributed by atoms with Crippen LogP contribution in [-0.4, -0.2) is 6.54 Å². The van der Waals surface area contributed by atoms with Crippen LogP contribution in [0.5, 0.6) is 0 Å². The summed E-state index contributed by atoms with van der Waals surface area (Å²) in [6.45, 7) is 3.07. The van der Waals surface area contributed by atoms with Crippen LogP contribution in [0.25, 0.3) is 10.8 Å². The number of nitrogens with one attached hydrogen (secondary N) is 1. The summed E-state index contributed by atoms with van der Waals surface area (Å²) in [4.78, 5) is 1.33. The molecule has 3 aromatic rings. The van der Waals surface area contributed by atoms with Crippen molar-refractivity contribution in [2.24, 2.45) is 0 Å². The van der Waals surface area contributed by atoms with Gasteiger partial charge in [0.1, 0.15) is 0 Å². The minimum atomic E-state index is 0.224. The Hall–Kier alpha value is -1.35. The predicted octanol–water partition coefficient (Wildman–Crippen LogP) is 5.25. The Morgan fingerprint density at radius 3 is 2.55 bits per heavy atom. The number of rotatable bonds is 4. The molecule has 1 N–H and O–H groups in total. The van der Waals surface area contributed by atoms with Crippen LogP contribution in [-0.2, 0) is 0 Å². The zero-order valence-electron chi connectivity index (χ0n) is 11.3. The monoisotopic (exact) mass is 301 g/mol. The van der Waals surface area contributed by atoms with Crippen LogP contribution in [0.3, 0.4) is 0 Å². The van der Waals surface area contributed by atoms with Crippen molar-refractivity contribution in [3.8, 4) is 0 Å². The summed E-state index contributed by atoms with van der Waals surface area (Å²) in [5, 5.41) is 8.85. The molecule has 102 valence electrons. The molecule has 20 heavy (non-hydrogen) atoms. The largest absolute Gasteiger partial charge is 0.306 e. The molecule has 0 bridgehead atoms. The minimum Gasteiger partial charge on any atom is -0.306 e. The number of hydrogen-bond acceptors (Lipinski definition) is 2. The second-order valence-corrected chi connectivity index (χ2v) is 6.07. The standard InChI is InChI=1S/C17H16ClNS/c1-2-19-17(16-8-5-11-20-16)14-9-10-15(18)13-7-4-3-6-12(13)14/h3-11,17,19H,2H2,1H3. The van der Waals surface area contributed by atoms with Gasteiger partial charge in [0, 0.05) is 15.3 Å². The van der Waals surface area contributed by atoms with E-state index in [1.807, 2.05) is 12.1 Å². The molecule has 0 fully saturated rings. The molecule has 2 aromatic carbocycles. The number of benzene rings is 2. The summed E-state index contributed by atoms with van der Waals surface area (Å²) in [5.41, 5.74) is 1.29. The molecule has 1 nitrogen and oxygen atoms in total. The first kappa shape index (κ1) is 13.6. The van der Waals surface area contributed by atoms with Crippen molar-refractivity contribution in [1.82, 2.24) is 5.32 Å². The first-order chi connectivity index (χ1) is 9.81. The number of fused-ring (bicyclic) bond motifs is 1. The Morgan fingerprint density at radius 1 is 1.05 bits per heavy atom. The minimum absolute atomic E-state index is 0.224. The molecule has 0 saturated heterocycles. The molecule has 1 atom stereocenters. The van der Waals surface area contributed by atoms with Gasteiger partial charge in [-0.2, -0.15) is 0 Å². The Balaban J connectivity index is 2.19. The van der Waals surface area contributed by atoms with Crippen molar-refractivity contribution < 1.29 is 0 Å². The molecule has 1 unspecified atom stereocenters. The highest BCUT2D eigenvalue weighted by Gasteiger charge is 2.17. The summed E-state index contributed by atoms with van der Waals surface area (Å²) < 4.78 is 0. The van der Waals surface area contributed by atoms with E-state index in [2.05, 4.69) is 54.0 Å². The van der Waals surface area contributed by atoms with Crippen molar-refractivity contribution in [3.05, 3.63) is 69.4 Å². The smallest absolute Gasteiger partial charge is 0.0677 e. The number of thiophene rings is 1. The van der Waals surface area contributed by atoms with Crippen molar-refractivity contribution in [2.75, 3.05) is 6.54 Å². The van der Waals surface area contributed by atoms with E-state index in [9.17, 15) is 0 Å². The van der Waals surface area contributed by atoms with Gasteiger partial charge < -0.3 is 5.32 Å². The Kier molecular flexibility index (Phi) is 4.06. The van der Waals surface area contributed by atoms with E-state index in [1.54, 1.807) is 11.3 Å². The molecule has 0 radical (unpaired) electrons. The van der Waals surface area contributed by atoms with Gasteiger partial charge >= 0.3 is 0 Å². The Morgan fingerprint density at radius 2 is 1.85 bits per heavy atom. The topological polar surface area (TPSA) is 12.0 Å².